The van der Waals surface area contributed by atoms with E-state index in [1.165, 1.54) is 17.8 Å². The van der Waals surface area contributed by atoms with E-state index in [9.17, 15) is 9.90 Å². The number of terminal acetylenes is 1. The van der Waals surface area contributed by atoms with E-state index in [0.717, 1.165) is 31.7 Å². The number of benzene rings is 1. The molecule has 1 heterocycles. The highest BCUT2D eigenvalue weighted by Gasteiger charge is 2.24. The molecule has 124 valence electrons. The van der Waals surface area contributed by atoms with Gasteiger partial charge in [-0.2, -0.15) is 0 Å². The zero-order valence-electron chi connectivity index (χ0n) is 13.5. The van der Waals surface area contributed by atoms with Gasteiger partial charge in [-0.25, -0.2) is 9.03 Å². The summed E-state index contributed by atoms with van der Waals surface area (Å²) < 4.78 is 5.23. The van der Waals surface area contributed by atoms with Gasteiger partial charge in [0.25, 0.3) is 0 Å². The van der Waals surface area contributed by atoms with Crippen LogP contribution in [0.15, 0.2) is 24.3 Å². The largest absolute Gasteiger partial charge is 0.480 e. The van der Waals surface area contributed by atoms with Gasteiger partial charge in [0.15, 0.2) is 0 Å². The summed E-state index contributed by atoms with van der Waals surface area (Å²) in [5, 5.41) is 9.19. The summed E-state index contributed by atoms with van der Waals surface area (Å²) in [6.07, 6.45) is 5.37. The summed E-state index contributed by atoms with van der Waals surface area (Å²) in [5.74, 6) is 1.87. The monoisotopic (exact) mass is 333 g/mol. The van der Waals surface area contributed by atoms with Gasteiger partial charge < -0.3 is 10.0 Å². The van der Waals surface area contributed by atoms with Crippen LogP contribution in [0, 0.1) is 18.3 Å². The van der Waals surface area contributed by atoms with Gasteiger partial charge in [-0.3, -0.25) is 4.79 Å². The highest BCUT2D eigenvalue weighted by atomic mass is 32.2. The Balaban J connectivity index is 1.81. The predicted octanol–water partition coefficient (Wildman–Crippen LogP) is 2.05. The molecule has 0 spiro atoms. The van der Waals surface area contributed by atoms with Crippen molar-refractivity contribution in [3.8, 4) is 12.3 Å². The van der Waals surface area contributed by atoms with Gasteiger partial charge >= 0.3 is 5.97 Å². The molecule has 1 aliphatic rings. The van der Waals surface area contributed by atoms with E-state index < -0.39 is 12.0 Å². The van der Waals surface area contributed by atoms with Crippen molar-refractivity contribution >= 4 is 23.8 Å². The molecule has 0 amide bonds. The Bertz CT molecular complexity index is 560. The van der Waals surface area contributed by atoms with Crippen molar-refractivity contribution in [1.29, 1.82) is 0 Å². The van der Waals surface area contributed by atoms with Crippen molar-refractivity contribution in [2.24, 2.45) is 5.92 Å². The second kappa shape index (κ2) is 8.25. The SMILES string of the molecule is C#Cc1ccc(N2CCN(SNC(C(=O)O)C(C)C)CC2)cc1. The number of rotatable bonds is 6. The number of aliphatic carboxylic acids is 1. The average Bonchev–Trinajstić information content (AvgIpc) is 2.55. The van der Waals surface area contributed by atoms with Crippen LogP contribution in [0.1, 0.15) is 19.4 Å². The number of nitrogens with zero attached hydrogens (tertiary/aromatic N) is 2. The Labute approximate surface area is 142 Å². The second-order valence-electron chi connectivity index (χ2n) is 5.88. The summed E-state index contributed by atoms with van der Waals surface area (Å²) in [5.41, 5.74) is 2.06. The Kier molecular flexibility index (Phi) is 6.34. The average molecular weight is 333 g/mol. The Morgan fingerprint density at radius 3 is 2.35 bits per heavy atom. The van der Waals surface area contributed by atoms with Crippen molar-refractivity contribution in [2.45, 2.75) is 19.9 Å². The van der Waals surface area contributed by atoms with Crippen LogP contribution < -0.4 is 9.62 Å². The highest BCUT2D eigenvalue weighted by molar-refractivity contribution is 7.95. The van der Waals surface area contributed by atoms with Gasteiger partial charge in [-0.1, -0.05) is 19.8 Å². The molecule has 1 atom stereocenters. The lowest BCUT2D eigenvalue weighted by molar-refractivity contribution is -0.139. The van der Waals surface area contributed by atoms with E-state index in [1.54, 1.807) is 0 Å². The smallest absolute Gasteiger partial charge is 0.321 e. The standard InChI is InChI=1S/C17H23N3O2S/c1-4-14-5-7-15(8-6-14)19-9-11-20(12-10-19)23-18-16(13(2)3)17(21)22/h1,5-8,13,16,18H,9-12H2,2-3H3,(H,21,22). The molecule has 0 bridgehead atoms. The van der Waals surface area contributed by atoms with Crippen molar-refractivity contribution in [3.63, 3.8) is 0 Å². The molecular formula is C17H23N3O2S. The molecule has 1 saturated heterocycles. The Morgan fingerprint density at radius 2 is 1.87 bits per heavy atom. The van der Waals surface area contributed by atoms with Gasteiger partial charge in [0, 0.05) is 49.6 Å². The molecule has 23 heavy (non-hydrogen) atoms. The number of hydrogen-bond acceptors (Lipinski definition) is 5. The predicted molar refractivity (Wildman–Crippen MR) is 95.2 cm³/mol. The minimum Gasteiger partial charge on any atom is -0.480 e. The molecule has 1 aliphatic heterocycles. The second-order valence-corrected chi connectivity index (χ2v) is 6.81. The third kappa shape index (κ3) is 4.90. The summed E-state index contributed by atoms with van der Waals surface area (Å²) in [4.78, 5) is 13.5. The normalized spacial score (nSPS) is 17.0. The Hall–Kier alpha value is -1.68. The maximum Gasteiger partial charge on any atom is 0.321 e. The molecule has 1 aromatic rings. The number of piperazine rings is 1. The first-order chi connectivity index (χ1) is 11.0. The molecule has 0 aliphatic carbocycles. The first kappa shape index (κ1) is 17.7. The lowest BCUT2D eigenvalue weighted by atomic mass is 10.1. The van der Waals surface area contributed by atoms with Crippen molar-refractivity contribution < 1.29 is 9.90 Å². The minimum atomic E-state index is -0.806. The number of anilines is 1. The van der Waals surface area contributed by atoms with Crippen molar-refractivity contribution in [2.75, 3.05) is 31.1 Å². The third-order valence-electron chi connectivity index (χ3n) is 3.88. The van der Waals surface area contributed by atoms with Crippen LogP contribution in [0.2, 0.25) is 0 Å². The lowest BCUT2D eigenvalue weighted by Gasteiger charge is -2.35. The molecule has 0 radical (unpaired) electrons. The number of carboxylic acids is 1. The molecule has 1 fully saturated rings. The number of carboxylic acid groups (broad SMARTS) is 1. The van der Waals surface area contributed by atoms with Crippen molar-refractivity contribution in [1.82, 2.24) is 9.03 Å². The van der Waals surface area contributed by atoms with Gasteiger partial charge in [0.1, 0.15) is 6.04 Å². The number of carbonyl (C=O) groups is 1. The van der Waals surface area contributed by atoms with Crippen LogP contribution in [-0.2, 0) is 4.79 Å². The quantitative estimate of drug-likeness (QED) is 0.614. The van der Waals surface area contributed by atoms with E-state index in [1.807, 2.05) is 26.0 Å². The number of hydrogen-bond donors (Lipinski definition) is 2. The van der Waals surface area contributed by atoms with E-state index >= 15 is 0 Å². The molecule has 6 heteroatoms. The molecule has 1 unspecified atom stereocenters. The fraction of sp³-hybridized carbons (Fsp3) is 0.471. The maximum absolute atomic E-state index is 11.2. The lowest BCUT2D eigenvalue weighted by Crippen LogP contribution is -2.46. The van der Waals surface area contributed by atoms with Crippen LogP contribution in [0.3, 0.4) is 0 Å². The van der Waals surface area contributed by atoms with Gasteiger partial charge in [0.2, 0.25) is 0 Å². The maximum atomic E-state index is 11.2. The summed E-state index contributed by atoms with van der Waals surface area (Å²) in [6, 6.07) is 7.48. The zero-order chi connectivity index (χ0) is 16.8. The van der Waals surface area contributed by atoms with Crippen LogP contribution in [-0.4, -0.2) is 47.6 Å². The summed E-state index contributed by atoms with van der Waals surface area (Å²) in [6.45, 7) is 7.37. The molecule has 1 aromatic carbocycles. The molecule has 0 saturated carbocycles. The molecule has 5 nitrogen and oxygen atoms in total. The fourth-order valence-corrected chi connectivity index (χ4v) is 3.39. The van der Waals surface area contributed by atoms with Crippen LogP contribution in [0.25, 0.3) is 0 Å². The third-order valence-corrected chi connectivity index (χ3v) is 4.86. The van der Waals surface area contributed by atoms with Crippen molar-refractivity contribution in [3.05, 3.63) is 29.8 Å². The molecule has 2 rings (SSSR count). The first-order valence-electron chi connectivity index (χ1n) is 7.73. The van der Waals surface area contributed by atoms with E-state index in [4.69, 9.17) is 6.42 Å². The van der Waals surface area contributed by atoms with E-state index in [0.29, 0.717) is 0 Å². The molecule has 0 aromatic heterocycles. The summed E-state index contributed by atoms with van der Waals surface area (Å²) in [7, 11) is 0. The van der Waals surface area contributed by atoms with Gasteiger partial charge in [-0.05, 0) is 30.2 Å². The molecule has 2 N–H and O–H groups in total. The molecular weight excluding hydrogens is 310 g/mol. The summed E-state index contributed by atoms with van der Waals surface area (Å²) >= 11 is 1.41. The van der Waals surface area contributed by atoms with E-state index in [2.05, 4.69) is 32.0 Å². The topological polar surface area (TPSA) is 55.8 Å². The van der Waals surface area contributed by atoms with Crippen LogP contribution in [0.5, 0.6) is 0 Å². The van der Waals surface area contributed by atoms with Gasteiger partial charge in [0.05, 0.1) is 0 Å². The first-order valence-corrected chi connectivity index (χ1v) is 8.50. The van der Waals surface area contributed by atoms with Crippen LogP contribution >= 0.6 is 12.1 Å². The minimum absolute atomic E-state index is 0.0518. The zero-order valence-corrected chi connectivity index (χ0v) is 14.3. The highest BCUT2D eigenvalue weighted by Crippen LogP contribution is 2.20. The van der Waals surface area contributed by atoms with E-state index in [-0.39, 0.29) is 5.92 Å². The fourth-order valence-electron chi connectivity index (χ4n) is 2.41. The Morgan fingerprint density at radius 1 is 1.26 bits per heavy atom. The van der Waals surface area contributed by atoms with Gasteiger partial charge in [-0.15, -0.1) is 6.42 Å². The number of nitrogens with one attached hydrogen (secondary N) is 1. The van der Waals surface area contributed by atoms with Crippen LogP contribution in [0.4, 0.5) is 5.69 Å².